The average molecular weight is 439 g/mol. The minimum absolute atomic E-state index is 0.0319. The van der Waals surface area contributed by atoms with Crippen LogP contribution in [0.15, 0.2) is 36.7 Å². The average Bonchev–Trinajstić information content (AvgIpc) is 3.11. The van der Waals surface area contributed by atoms with Gasteiger partial charge in [-0.15, -0.1) is 0 Å². The van der Waals surface area contributed by atoms with Crippen LogP contribution in [-0.2, 0) is 12.8 Å². The van der Waals surface area contributed by atoms with Crippen molar-refractivity contribution < 1.29 is 22.6 Å². The number of rotatable bonds is 6. The Balaban J connectivity index is 1.54. The van der Waals surface area contributed by atoms with Crippen LogP contribution in [0, 0.1) is 0 Å². The van der Waals surface area contributed by atoms with Crippen LogP contribution in [0.4, 0.5) is 13.2 Å². The Bertz CT molecular complexity index is 1030. The fraction of sp³-hybridized carbons (Fsp3) is 0.350. The maximum absolute atomic E-state index is 13.2. The quantitative estimate of drug-likeness (QED) is 0.487. The predicted molar refractivity (Wildman–Crippen MR) is 103 cm³/mol. The molecule has 6 nitrogen and oxygen atoms in total. The number of imidazole rings is 1. The number of alkyl halides is 3. The van der Waals surface area contributed by atoms with Crippen LogP contribution in [0.5, 0.6) is 11.6 Å². The molecule has 3 aromatic rings. The molecule has 10 heteroatoms. The molecule has 0 unspecified atom stereocenters. The molecule has 0 spiro atoms. The van der Waals surface area contributed by atoms with Gasteiger partial charge in [0.15, 0.2) is 11.4 Å². The molecule has 30 heavy (non-hydrogen) atoms. The Morgan fingerprint density at radius 3 is 2.50 bits per heavy atom. The van der Waals surface area contributed by atoms with Gasteiger partial charge in [-0.1, -0.05) is 24.3 Å². The molecule has 0 radical (unpaired) electrons. The van der Waals surface area contributed by atoms with E-state index in [1.54, 1.807) is 28.8 Å². The van der Waals surface area contributed by atoms with E-state index in [4.69, 9.17) is 21.1 Å². The number of benzene rings is 1. The van der Waals surface area contributed by atoms with Gasteiger partial charge in [0.1, 0.15) is 12.4 Å². The van der Waals surface area contributed by atoms with E-state index >= 15 is 0 Å². The molecule has 1 aromatic carbocycles. The number of hydrogen-bond acceptors (Lipinski definition) is 5. The summed E-state index contributed by atoms with van der Waals surface area (Å²) in [6.45, 7) is 0.175. The highest BCUT2D eigenvalue weighted by Gasteiger charge is 2.36. The smallest absolute Gasteiger partial charge is 0.434 e. The molecule has 0 saturated heterocycles. The van der Waals surface area contributed by atoms with E-state index in [0.29, 0.717) is 17.1 Å². The number of ether oxygens (including phenoxy) is 2. The first-order chi connectivity index (χ1) is 14.3. The molecule has 2 heterocycles. The Hall–Kier alpha value is -2.81. The predicted octanol–water partition coefficient (Wildman–Crippen LogP) is 5.32. The summed E-state index contributed by atoms with van der Waals surface area (Å²) < 4.78 is 52.0. The fourth-order valence-electron chi connectivity index (χ4n) is 3.17. The number of methoxy groups -OCH3 is 1. The van der Waals surface area contributed by atoms with Crippen molar-refractivity contribution in [2.24, 2.45) is 0 Å². The van der Waals surface area contributed by atoms with Crippen molar-refractivity contribution in [3.8, 4) is 23.0 Å². The highest BCUT2D eigenvalue weighted by Crippen LogP contribution is 2.38. The van der Waals surface area contributed by atoms with E-state index in [-0.39, 0.29) is 23.8 Å². The fourth-order valence-corrected chi connectivity index (χ4v) is 3.29. The van der Waals surface area contributed by atoms with Crippen LogP contribution in [-0.4, -0.2) is 26.6 Å². The second-order valence-corrected chi connectivity index (χ2v) is 7.28. The molecule has 1 aliphatic rings. The molecule has 2 aromatic heterocycles. The van der Waals surface area contributed by atoms with Crippen molar-refractivity contribution in [3.05, 3.63) is 53.2 Å². The summed E-state index contributed by atoms with van der Waals surface area (Å²) >= 11 is 5.79. The summed E-state index contributed by atoms with van der Waals surface area (Å²) in [5.74, 6) is 0.874. The Labute approximate surface area is 175 Å². The Morgan fingerprint density at radius 2 is 1.90 bits per heavy atom. The van der Waals surface area contributed by atoms with Gasteiger partial charge < -0.3 is 14.0 Å². The van der Waals surface area contributed by atoms with Gasteiger partial charge in [-0.3, -0.25) is 0 Å². The van der Waals surface area contributed by atoms with E-state index in [0.717, 1.165) is 31.0 Å². The molecular weight excluding hydrogens is 421 g/mol. The van der Waals surface area contributed by atoms with Gasteiger partial charge in [0.05, 0.1) is 13.3 Å². The number of nitrogens with zero attached hydrogens (tertiary/aromatic N) is 4. The van der Waals surface area contributed by atoms with Gasteiger partial charge in [-0.2, -0.15) is 18.2 Å². The number of hydrogen-bond donors (Lipinski definition) is 0. The zero-order chi connectivity index (χ0) is 21.3. The van der Waals surface area contributed by atoms with Crippen molar-refractivity contribution in [2.75, 3.05) is 7.11 Å². The van der Waals surface area contributed by atoms with Crippen molar-refractivity contribution in [2.45, 2.75) is 38.1 Å². The molecule has 0 N–H and O–H groups in total. The number of aromatic nitrogens is 4. The highest BCUT2D eigenvalue weighted by molar-refractivity contribution is 6.28. The van der Waals surface area contributed by atoms with Crippen LogP contribution in [0.3, 0.4) is 0 Å². The van der Waals surface area contributed by atoms with Crippen LogP contribution < -0.4 is 9.47 Å². The van der Waals surface area contributed by atoms with Crippen molar-refractivity contribution >= 4 is 11.6 Å². The summed E-state index contributed by atoms with van der Waals surface area (Å²) in [5.41, 5.74) is 0.543. The first-order valence-electron chi connectivity index (χ1n) is 9.30. The Kier molecular flexibility index (Phi) is 5.55. The zero-order valence-electron chi connectivity index (χ0n) is 16.0. The molecule has 158 valence electrons. The third-order valence-corrected chi connectivity index (χ3v) is 5.17. The SMILES string of the molecule is COc1cnc(Cl)nc1OCc1ccc(-c2nc(C(F)(F)F)cn2C2CCC2)cc1. The molecule has 0 aliphatic heterocycles. The van der Waals surface area contributed by atoms with Gasteiger partial charge in [-0.25, -0.2) is 9.97 Å². The lowest BCUT2D eigenvalue weighted by Crippen LogP contribution is -2.17. The van der Waals surface area contributed by atoms with E-state index < -0.39 is 11.9 Å². The van der Waals surface area contributed by atoms with Crippen LogP contribution in [0.1, 0.15) is 36.6 Å². The van der Waals surface area contributed by atoms with Gasteiger partial charge in [0.2, 0.25) is 5.28 Å². The summed E-state index contributed by atoms with van der Waals surface area (Å²) in [6.07, 6.45) is 0.769. The molecule has 1 saturated carbocycles. The minimum Gasteiger partial charge on any atom is -0.490 e. The third-order valence-electron chi connectivity index (χ3n) is 4.99. The van der Waals surface area contributed by atoms with Crippen LogP contribution >= 0.6 is 11.6 Å². The second kappa shape index (κ2) is 8.14. The molecule has 4 rings (SSSR count). The van der Waals surface area contributed by atoms with E-state index in [9.17, 15) is 13.2 Å². The molecule has 1 fully saturated rings. The van der Waals surface area contributed by atoms with Crippen LogP contribution in [0.25, 0.3) is 11.4 Å². The summed E-state index contributed by atoms with van der Waals surface area (Å²) in [4.78, 5) is 11.7. The van der Waals surface area contributed by atoms with Gasteiger partial charge >= 0.3 is 6.18 Å². The molecule has 0 amide bonds. The summed E-state index contributed by atoms with van der Waals surface area (Å²) in [6, 6.07) is 7.08. The third kappa shape index (κ3) is 4.21. The second-order valence-electron chi connectivity index (χ2n) is 6.94. The van der Waals surface area contributed by atoms with Gasteiger partial charge in [-0.05, 0) is 36.4 Å². The lowest BCUT2D eigenvalue weighted by Gasteiger charge is -2.28. The first-order valence-corrected chi connectivity index (χ1v) is 9.67. The first kappa shape index (κ1) is 20.5. The molecule has 0 bridgehead atoms. The minimum atomic E-state index is -4.48. The van der Waals surface area contributed by atoms with Crippen LogP contribution in [0.2, 0.25) is 5.28 Å². The lowest BCUT2D eigenvalue weighted by atomic mass is 9.92. The normalized spacial score (nSPS) is 14.4. The molecular formula is C20H18ClF3N4O2. The van der Waals surface area contributed by atoms with Crippen molar-refractivity contribution in [1.29, 1.82) is 0 Å². The highest BCUT2D eigenvalue weighted by atomic mass is 35.5. The maximum Gasteiger partial charge on any atom is 0.434 e. The van der Waals surface area contributed by atoms with Gasteiger partial charge in [0.25, 0.3) is 5.88 Å². The van der Waals surface area contributed by atoms with Crippen molar-refractivity contribution in [1.82, 2.24) is 19.5 Å². The lowest BCUT2D eigenvalue weighted by molar-refractivity contribution is -0.140. The zero-order valence-corrected chi connectivity index (χ0v) is 16.7. The maximum atomic E-state index is 13.2. The standard InChI is InChI=1S/C20H18ClF3N4O2/c1-29-15-9-25-19(21)27-18(15)30-11-12-5-7-13(8-6-12)17-26-16(20(22,23)24)10-28(17)14-3-2-4-14/h5-10,14H,2-4,11H2,1H3. The van der Waals surface area contributed by atoms with E-state index in [1.807, 2.05) is 0 Å². The van der Waals surface area contributed by atoms with Gasteiger partial charge in [0, 0.05) is 17.8 Å². The summed E-state index contributed by atoms with van der Waals surface area (Å²) in [5, 5.41) is 0.0319. The monoisotopic (exact) mass is 438 g/mol. The molecule has 1 aliphatic carbocycles. The topological polar surface area (TPSA) is 62.1 Å². The van der Waals surface area contributed by atoms with Crippen molar-refractivity contribution in [3.63, 3.8) is 0 Å². The largest absolute Gasteiger partial charge is 0.490 e. The van der Waals surface area contributed by atoms with E-state index in [1.165, 1.54) is 13.3 Å². The number of halogens is 4. The van der Waals surface area contributed by atoms with E-state index in [2.05, 4.69) is 15.0 Å². The molecule has 0 atom stereocenters. The Morgan fingerprint density at radius 1 is 1.17 bits per heavy atom. The summed E-state index contributed by atoms with van der Waals surface area (Å²) in [7, 11) is 1.47.